The second-order valence-corrected chi connectivity index (χ2v) is 4.34. The quantitative estimate of drug-likeness (QED) is 0.788. The fourth-order valence-corrected chi connectivity index (χ4v) is 1.62. The lowest BCUT2D eigenvalue weighted by Crippen LogP contribution is -2.06. The van der Waals surface area contributed by atoms with E-state index in [-0.39, 0.29) is 5.92 Å². The van der Waals surface area contributed by atoms with E-state index in [9.17, 15) is 4.79 Å². The summed E-state index contributed by atoms with van der Waals surface area (Å²) in [6.07, 6.45) is 2.31. The molecular weight excluding hydrogens is 200 g/mol. The van der Waals surface area contributed by atoms with E-state index in [2.05, 4.69) is 0 Å². The van der Waals surface area contributed by atoms with Crippen LogP contribution in [0.15, 0.2) is 35.9 Å². The number of aryl methyl sites for hydroxylation is 1. The van der Waals surface area contributed by atoms with E-state index in [1.54, 1.807) is 0 Å². The normalized spacial score (nSPS) is 11.9. The van der Waals surface area contributed by atoms with Crippen molar-refractivity contribution in [3.05, 3.63) is 47.0 Å². The summed E-state index contributed by atoms with van der Waals surface area (Å²) in [5.74, 6) is -0.563. The molecule has 2 nitrogen and oxygen atoms in total. The molecule has 0 heterocycles. The lowest BCUT2D eigenvalue weighted by molar-refractivity contribution is -0.132. The Morgan fingerprint density at radius 3 is 2.50 bits per heavy atom. The van der Waals surface area contributed by atoms with Gasteiger partial charge in [0.15, 0.2) is 0 Å². The van der Waals surface area contributed by atoms with Gasteiger partial charge in [-0.25, -0.2) is 4.79 Å². The van der Waals surface area contributed by atoms with Gasteiger partial charge in [0.25, 0.3) is 0 Å². The fourth-order valence-electron chi connectivity index (χ4n) is 1.62. The van der Waals surface area contributed by atoms with Crippen LogP contribution < -0.4 is 0 Å². The van der Waals surface area contributed by atoms with Crippen molar-refractivity contribution in [1.82, 2.24) is 0 Å². The Kier molecular flexibility index (Phi) is 4.29. The molecule has 86 valence electrons. The highest BCUT2D eigenvalue weighted by Crippen LogP contribution is 2.14. The van der Waals surface area contributed by atoms with Crippen LogP contribution in [0.4, 0.5) is 0 Å². The molecule has 0 saturated heterocycles. The summed E-state index contributed by atoms with van der Waals surface area (Å²) in [5.41, 5.74) is 2.69. The molecule has 0 saturated carbocycles. The van der Waals surface area contributed by atoms with Crippen LogP contribution in [0.1, 0.15) is 25.0 Å². The molecule has 0 radical (unpaired) electrons. The fraction of sp³-hybridized carbons (Fsp3) is 0.357. The number of aliphatic carboxylic acids is 1. The topological polar surface area (TPSA) is 37.3 Å². The van der Waals surface area contributed by atoms with E-state index >= 15 is 0 Å². The molecule has 2 heteroatoms. The maximum Gasteiger partial charge on any atom is 0.331 e. The first-order valence-corrected chi connectivity index (χ1v) is 5.49. The van der Waals surface area contributed by atoms with E-state index in [1.165, 1.54) is 0 Å². The molecule has 0 atom stereocenters. The number of hydrogen-bond donors (Lipinski definition) is 1. The number of carbonyl (C=O) groups is 1. The van der Waals surface area contributed by atoms with Crippen molar-refractivity contribution in [2.75, 3.05) is 0 Å². The zero-order chi connectivity index (χ0) is 12.1. The summed E-state index contributed by atoms with van der Waals surface area (Å²) in [6, 6.07) is 7.89. The van der Waals surface area contributed by atoms with E-state index in [1.807, 2.05) is 51.1 Å². The summed E-state index contributed by atoms with van der Waals surface area (Å²) >= 11 is 0. The molecule has 0 aliphatic heterocycles. The third-order valence-electron chi connectivity index (χ3n) is 2.45. The molecule has 1 aromatic rings. The first-order chi connectivity index (χ1) is 7.50. The summed E-state index contributed by atoms with van der Waals surface area (Å²) in [7, 11) is 0. The van der Waals surface area contributed by atoms with Gasteiger partial charge in [-0.3, -0.25) is 0 Å². The highest BCUT2D eigenvalue weighted by molar-refractivity contribution is 5.87. The first kappa shape index (κ1) is 12.5. The van der Waals surface area contributed by atoms with Crippen molar-refractivity contribution in [1.29, 1.82) is 0 Å². The van der Waals surface area contributed by atoms with Crippen LogP contribution in [0.3, 0.4) is 0 Å². The van der Waals surface area contributed by atoms with Crippen molar-refractivity contribution in [3.63, 3.8) is 0 Å². The minimum atomic E-state index is -0.822. The second kappa shape index (κ2) is 5.50. The maximum atomic E-state index is 11.1. The van der Waals surface area contributed by atoms with Gasteiger partial charge in [0.05, 0.1) is 0 Å². The Balaban J connectivity index is 2.93. The molecule has 0 aliphatic rings. The third-order valence-corrected chi connectivity index (χ3v) is 2.45. The highest BCUT2D eigenvalue weighted by atomic mass is 16.4. The van der Waals surface area contributed by atoms with E-state index in [0.29, 0.717) is 12.0 Å². The molecule has 1 N–H and O–H groups in total. The Morgan fingerprint density at radius 2 is 2.00 bits per heavy atom. The molecule has 0 aromatic heterocycles. The minimum absolute atomic E-state index is 0.259. The van der Waals surface area contributed by atoms with Gasteiger partial charge in [-0.05, 0) is 24.0 Å². The van der Waals surface area contributed by atoms with E-state index in [0.717, 1.165) is 11.1 Å². The Hall–Kier alpha value is -1.57. The zero-order valence-electron chi connectivity index (χ0n) is 10.0. The van der Waals surface area contributed by atoms with Crippen LogP contribution in [0.5, 0.6) is 0 Å². The SMILES string of the molecule is Cc1ccccc1CC(=CC(C)C)C(=O)O. The maximum absolute atomic E-state index is 11.1. The van der Waals surface area contributed by atoms with Crippen molar-refractivity contribution in [3.8, 4) is 0 Å². The molecule has 0 amide bonds. The number of allylic oxidation sites excluding steroid dienone is 1. The van der Waals surface area contributed by atoms with Gasteiger partial charge in [0, 0.05) is 12.0 Å². The summed E-state index contributed by atoms with van der Waals surface area (Å²) in [5, 5.41) is 9.11. The molecule has 1 rings (SSSR count). The lowest BCUT2D eigenvalue weighted by atomic mass is 9.98. The van der Waals surface area contributed by atoms with Gasteiger partial charge >= 0.3 is 5.97 Å². The van der Waals surface area contributed by atoms with Crippen LogP contribution in [-0.2, 0) is 11.2 Å². The van der Waals surface area contributed by atoms with Gasteiger partial charge in [-0.1, -0.05) is 44.2 Å². The minimum Gasteiger partial charge on any atom is -0.478 e. The first-order valence-electron chi connectivity index (χ1n) is 5.49. The van der Waals surface area contributed by atoms with Crippen molar-refractivity contribution in [2.45, 2.75) is 27.2 Å². The summed E-state index contributed by atoms with van der Waals surface area (Å²) in [4.78, 5) is 11.1. The predicted octanol–water partition coefficient (Wildman–Crippen LogP) is 3.20. The molecule has 0 fully saturated rings. The predicted molar refractivity (Wildman–Crippen MR) is 65.4 cm³/mol. The number of rotatable bonds is 4. The number of hydrogen-bond acceptors (Lipinski definition) is 1. The van der Waals surface area contributed by atoms with Gasteiger partial charge in [-0.2, -0.15) is 0 Å². The molecule has 1 aromatic carbocycles. The standard InChI is InChI=1S/C14H18O2/c1-10(2)8-13(14(15)16)9-12-7-5-4-6-11(12)3/h4-8,10H,9H2,1-3H3,(H,15,16). The summed E-state index contributed by atoms with van der Waals surface area (Å²) < 4.78 is 0. The van der Waals surface area contributed by atoms with Crippen LogP contribution >= 0.6 is 0 Å². The Labute approximate surface area is 96.6 Å². The van der Waals surface area contributed by atoms with Crippen LogP contribution in [0, 0.1) is 12.8 Å². The number of carboxylic acid groups (broad SMARTS) is 1. The lowest BCUT2D eigenvalue weighted by Gasteiger charge is -2.07. The molecule has 0 aliphatic carbocycles. The Bertz CT molecular complexity index is 403. The van der Waals surface area contributed by atoms with Gasteiger partial charge < -0.3 is 5.11 Å². The van der Waals surface area contributed by atoms with E-state index in [4.69, 9.17) is 5.11 Å². The average molecular weight is 218 g/mol. The smallest absolute Gasteiger partial charge is 0.331 e. The van der Waals surface area contributed by atoms with Crippen molar-refractivity contribution < 1.29 is 9.90 Å². The van der Waals surface area contributed by atoms with Crippen molar-refractivity contribution >= 4 is 5.97 Å². The molecule has 16 heavy (non-hydrogen) atoms. The van der Waals surface area contributed by atoms with Crippen LogP contribution in [0.25, 0.3) is 0 Å². The average Bonchev–Trinajstić information content (AvgIpc) is 2.19. The summed E-state index contributed by atoms with van der Waals surface area (Å²) in [6.45, 7) is 5.98. The monoisotopic (exact) mass is 218 g/mol. The van der Waals surface area contributed by atoms with Crippen LogP contribution in [-0.4, -0.2) is 11.1 Å². The third kappa shape index (κ3) is 3.54. The van der Waals surface area contributed by atoms with Gasteiger partial charge in [0.2, 0.25) is 0 Å². The van der Waals surface area contributed by atoms with Gasteiger partial charge in [-0.15, -0.1) is 0 Å². The highest BCUT2D eigenvalue weighted by Gasteiger charge is 2.10. The van der Waals surface area contributed by atoms with Gasteiger partial charge in [0.1, 0.15) is 0 Å². The molecule has 0 bridgehead atoms. The number of carboxylic acids is 1. The second-order valence-electron chi connectivity index (χ2n) is 4.34. The van der Waals surface area contributed by atoms with E-state index < -0.39 is 5.97 Å². The molecule has 0 unspecified atom stereocenters. The Morgan fingerprint density at radius 1 is 1.38 bits per heavy atom. The molecular formula is C14H18O2. The molecule has 0 spiro atoms. The zero-order valence-corrected chi connectivity index (χ0v) is 10.0. The largest absolute Gasteiger partial charge is 0.478 e. The van der Waals surface area contributed by atoms with Crippen LogP contribution in [0.2, 0.25) is 0 Å². The van der Waals surface area contributed by atoms with Crippen molar-refractivity contribution in [2.24, 2.45) is 5.92 Å². The number of benzene rings is 1.